The summed E-state index contributed by atoms with van der Waals surface area (Å²) in [4.78, 5) is 30.4. The lowest BCUT2D eigenvalue weighted by molar-refractivity contribution is -0.116. The van der Waals surface area contributed by atoms with Crippen molar-refractivity contribution in [3.63, 3.8) is 0 Å². The third-order valence-corrected chi connectivity index (χ3v) is 5.98. The number of rotatable bonds is 8. The minimum Gasteiger partial charge on any atom is -0.302 e. The van der Waals surface area contributed by atoms with Gasteiger partial charge in [-0.1, -0.05) is 25.5 Å². The smallest absolute Gasteiger partial charge is 0.226 e. The molecule has 1 amide bonds. The topological polar surface area (TPSA) is 59.1 Å². The van der Waals surface area contributed by atoms with Gasteiger partial charge in [0.15, 0.2) is 10.9 Å². The lowest BCUT2D eigenvalue weighted by Crippen LogP contribution is -2.13. The number of Topliss-reactive ketones (excluding diaryl/α,β-unsaturated/α-hetero) is 1. The van der Waals surface area contributed by atoms with Crippen molar-refractivity contribution in [2.75, 3.05) is 5.32 Å². The minimum atomic E-state index is -0.298. The van der Waals surface area contributed by atoms with Crippen LogP contribution in [0.3, 0.4) is 0 Å². The van der Waals surface area contributed by atoms with Crippen molar-refractivity contribution in [2.24, 2.45) is 0 Å². The molecule has 1 aromatic heterocycles. The number of hydrogen-bond acceptors (Lipinski definition) is 4. The number of nitrogens with zero attached hydrogens (tertiary/aromatic N) is 1. The van der Waals surface area contributed by atoms with E-state index in [1.807, 2.05) is 26.0 Å². The summed E-state index contributed by atoms with van der Waals surface area (Å²) in [5, 5.41) is 3.31. The van der Waals surface area contributed by atoms with E-state index in [9.17, 15) is 14.0 Å². The molecule has 0 radical (unpaired) electrons. The number of ketones is 1. The summed E-state index contributed by atoms with van der Waals surface area (Å²) >= 11 is 1.42. The van der Waals surface area contributed by atoms with E-state index in [0.717, 1.165) is 40.1 Å². The maximum atomic E-state index is 13.2. The highest BCUT2D eigenvalue weighted by molar-refractivity contribution is 7.16. The molecule has 156 valence electrons. The molecule has 0 aliphatic rings. The Bertz CT molecular complexity index is 1060. The normalized spacial score (nSPS) is 10.8. The van der Waals surface area contributed by atoms with Gasteiger partial charge in [-0.15, -0.1) is 11.3 Å². The number of benzene rings is 2. The molecule has 0 saturated carbocycles. The van der Waals surface area contributed by atoms with Crippen LogP contribution in [-0.2, 0) is 11.2 Å². The Morgan fingerprint density at radius 2 is 1.77 bits per heavy atom. The third kappa shape index (κ3) is 5.39. The van der Waals surface area contributed by atoms with E-state index < -0.39 is 0 Å². The molecule has 0 spiro atoms. The number of aryl methyl sites for hydroxylation is 3. The van der Waals surface area contributed by atoms with E-state index in [1.165, 1.54) is 23.5 Å². The van der Waals surface area contributed by atoms with Crippen molar-refractivity contribution in [1.82, 2.24) is 4.98 Å². The summed E-state index contributed by atoms with van der Waals surface area (Å²) in [6, 6.07) is 11.8. The number of hydrogen-bond donors (Lipinski definition) is 1. The van der Waals surface area contributed by atoms with Crippen LogP contribution in [0.2, 0.25) is 0 Å². The highest BCUT2D eigenvalue weighted by Gasteiger charge is 2.16. The molecule has 0 bridgehead atoms. The summed E-state index contributed by atoms with van der Waals surface area (Å²) in [7, 11) is 0. The van der Waals surface area contributed by atoms with Crippen LogP contribution >= 0.6 is 11.3 Å². The first-order valence-corrected chi connectivity index (χ1v) is 10.8. The molecule has 1 N–H and O–H groups in total. The van der Waals surface area contributed by atoms with Crippen LogP contribution in [0.4, 0.5) is 9.52 Å². The first-order valence-electron chi connectivity index (χ1n) is 10.0. The fraction of sp³-hybridized carbons (Fsp3) is 0.292. The molecule has 0 aliphatic carbocycles. The van der Waals surface area contributed by atoms with E-state index in [-0.39, 0.29) is 30.3 Å². The molecular weight excluding hydrogens is 399 g/mol. The molecule has 1 heterocycles. The van der Waals surface area contributed by atoms with E-state index in [1.54, 1.807) is 18.2 Å². The molecule has 0 fully saturated rings. The van der Waals surface area contributed by atoms with Crippen molar-refractivity contribution < 1.29 is 14.0 Å². The van der Waals surface area contributed by atoms with Gasteiger partial charge < -0.3 is 5.32 Å². The molecule has 6 heteroatoms. The largest absolute Gasteiger partial charge is 0.302 e. The number of halogens is 1. The van der Waals surface area contributed by atoms with Gasteiger partial charge in [-0.3, -0.25) is 9.59 Å². The van der Waals surface area contributed by atoms with Crippen molar-refractivity contribution in [3.8, 4) is 11.3 Å². The zero-order valence-electron chi connectivity index (χ0n) is 17.4. The second-order valence-corrected chi connectivity index (χ2v) is 8.40. The maximum absolute atomic E-state index is 13.2. The van der Waals surface area contributed by atoms with Gasteiger partial charge in [-0.25, -0.2) is 9.37 Å². The Balaban J connectivity index is 1.66. The SMILES string of the molecule is CCCc1sc(NC(=O)CCC(=O)c2ccc(C)c(C)c2)nc1-c1ccc(F)cc1. The van der Waals surface area contributed by atoms with Crippen molar-refractivity contribution in [3.05, 3.63) is 69.8 Å². The average Bonchev–Trinajstić information content (AvgIpc) is 3.11. The van der Waals surface area contributed by atoms with Gasteiger partial charge in [0.25, 0.3) is 0 Å². The monoisotopic (exact) mass is 424 g/mol. The van der Waals surface area contributed by atoms with E-state index >= 15 is 0 Å². The summed E-state index contributed by atoms with van der Waals surface area (Å²) < 4.78 is 13.2. The molecule has 0 aliphatic heterocycles. The highest BCUT2D eigenvalue weighted by atomic mass is 32.1. The van der Waals surface area contributed by atoms with Crippen molar-refractivity contribution >= 4 is 28.2 Å². The molecule has 0 unspecified atom stereocenters. The van der Waals surface area contributed by atoms with Gasteiger partial charge in [-0.05, 0) is 61.7 Å². The Morgan fingerprint density at radius 3 is 2.43 bits per heavy atom. The number of carbonyl (C=O) groups is 2. The second-order valence-electron chi connectivity index (χ2n) is 7.32. The Kier molecular flexibility index (Phi) is 7.11. The third-order valence-electron chi connectivity index (χ3n) is 4.95. The van der Waals surface area contributed by atoms with Gasteiger partial charge in [0, 0.05) is 28.8 Å². The van der Waals surface area contributed by atoms with Gasteiger partial charge in [0.1, 0.15) is 5.82 Å². The van der Waals surface area contributed by atoms with Crippen LogP contribution in [-0.4, -0.2) is 16.7 Å². The molecule has 0 atom stereocenters. The minimum absolute atomic E-state index is 0.0499. The zero-order chi connectivity index (χ0) is 21.7. The molecular formula is C24H25FN2O2S. The van der Waals surface area contributed by atoms with Crippen molar-refractivity contribution in [2.45, 2.75) is 46.5 Å². The Hall–Kier alpha value is -2.86. The number of aromatic nitrogens is 1. The van der Waals surface area contributed by atoms with Gasteiger partial charge in [0.05, 0.1) is 5.69 Å². The molecule has 3 aromatic rings. The first-order chi connectivity index (χ1) is 14.4. The van der Waals surface area contributed by atoms with Crippen LogP contribution in [0, 0.1) is 19.7 Å². The lowest BCUT2D eigenvalue weighted by atomic mass is 10.0. The van der Waals surface area contributed by atoms with Gasteiger partial charge in [-0.2, -0.15) is 0 Å². The fourth-order valence-corrected chi connectivity index (χ4v) is 4.20. The molecule has 3 rings (SSSR count). The van der Waals surface area contributed by atoms with Crippen LogP contribution in [0.1, 0.15) is 52.5 Å². The number of anilines is 1. The molecule has 4 nitrogen and oxygen atoms in total. The molecule has 2 aromatic carbocycles. The van der Waals surface area contributed by atoms with Gasteiger partial charge in [0.2, 0.25) is 5.91 Å². The number of amides is 1. The standard InChI is InChI=1S/C24H25FN2O2S/c1-4-5-21-23(17-8-10-19(25)11-9-17)27-24(30-21)26-22(29)13-12-20(28)18-7-6-15(2)16(3)14-18/h6-11,14H,4-5,12-13H2,1-3H3,(H,26,27,29). The number of thiazole rings is 1. The van der Waals surface area contributed by atoms with Crippen LogP contribution in [0.25, 0.3) is 11.3 Å². The predicted molar refractivity (Wildman–Crippen MR) is 120 cm³/mol. The fourth-order valence-electron chi connectivity index (χ4n) is 3.10. The quantitative estimate of drug-likeness (QED) is 0.443. The van der Waals surface area contributed by atoms with Gasteiger partial charge >= 0.3 is 0 Å². The Labute approximate surface area is 180 Å². The lowest BCUT2D eigenvalue weighted by Gasteiger charge is -2.05. The number of nitrogens with one attached hydrogen (secondary N) is 1. The average molecular weight is 425 g/mol. The van der Waals surface area contributed by atoms with Crippen LogP contribution in [0.5, 0.6) is 0 Å². The highest BCUT2D eigenvalue weighted by Crippen LogP contribution is 2.32. The molecule has 0 saturated heterocycles. The number of carbonyl (C=O) groups excluding carboxylic acids is 2. The van der Waals surface area contributed by atoms with E-state index in [2.05, 4.69) is 17.2 Å². The summed E-state index contributed by atoms with van der Waals surface area (Å²) in [6.07, 6.45) is 2.01. The second kappa shape index (κ2) is 9.76. The first kappa shape index (κ1) is 21.8. The summed E-state index contributed by atoms with van der Waals surface area (Å²) in [6.45, 7) is 6.04. The summed E-state index contributed by atoms with van der Waals surface area (Å²) in [5.41, 5.74) is 4.41. The predicted octanol–water partition coefficient (Wildman–Crippen LogP) is 6.12. The summed E-state index contributed by atoms with van der Waals surface area (Å²) in [5.74, 6) is -0.589. The van der Waals surface area contributed by atoms with E-state index in [4.69, 9.17) is 0 Å². The Morgan fingerprint density at radius 1 is 1.03 bits per heavy atom. The van der Waals surface area contributed by atoms with E-state index in [0.29, 0.717) is 10.7 Å². The van der Waals surface area contributed by atoms with Crippen LogP contribution < -0.4 is 5.32 Å². The maximum Gasteiger partial charge on any atom is 0.226 e. The van der Waals surface area contributed by atoms with Crippen LogP contribution in [0.15, 0.2) is 42.5 Å². The molecule has 30 heavy (non-hydrogen) atoms. The zero-order valence-corrected chi connectivity index (χ0v) is 18.2. The van der Waals surface area contributed by atoms with Crippen molar-refractivity contribution in [1.29, 1.82) is 0 Å².